The number of para-hydroxylation sites is 1. The molecule has 13 nitrogen and oxygen atoms in total. The van der Waals surface area contributed by atoms with Gasteiger partial charge in [-0.1, -0.05) is 299 Å². The first kappa shape index (κ1) is 80.1. The minimum atomic E-state index is -1.05. The van der Waals surface area contributed by atoms with E-state index >= 15 is 0 Å². The van der Waals surface area contributed by atoms with Gasteiger partial charge < -0.3 is 14.7 Å². The number of unbranched alkanes of at least 4 members (excludes halogenated alkanes) is 7. The van der Waals surface area contributed by atoms with Crippen LogP contribution in [0.5, 0.6) is 0 Å². The Morgan fingerprint density at radius 3 is 1.36 bits per heavy atom. The molecule has 6 aromatic heterocycles. The smallest absolute Gasteiger partial charge is 0.414 e. The molecule has 11 aromatic rings. The average molecular weight is 1390 g/mol. The van der Waals surface area contributed by atoms with Gasteiger partial charge in [0.25, 0.3) is 19.8 Å². The van der Waals surface area contributed by atoms with Crippen LogP contribution in [0, 0.1) is 10.1 Å². The fourth-order valence-corrected chi connectivity index (χ4v) is 21.2. The maximum absolute atomic E-state index is 11.9. The van der Waals surface area contributed by atoms with E-state index < -0.39 is 19.3 Å². The van der Waals surface area contributed by atoms with Crippen molar-refractivity contribution < 1.29 is 15.2 Å². The highest BCUT2D eigenvalue weighted by Gasteiger charge is 2.34. The van der Waals surface area contributed by atoms with Crippen molar-refractivity contribution in [1.29, 1.82) is 0 Å². The summed E-state index contributed by atoms with van der Waals surface area (Å²) in [6.45, 7) is 18.2. The van der Waals surface area contributed by atoms with Crippen LogP contribution in [0.4, 0.5) is 17.1 Å². The molecule has 8 heterocycles. The molecule has 2 atom stereocenters. The second kappa shape index (κ2) is 44.2. The molecule has 0 saturated heterocycles. The van der Waals surface area contributed by atoms with Crippen LogP contribution in [0.3, 0.4) is 0 Å². The number of benzene rings is 5. The Morgan fingerprint density at radius 1 is 0.446 bits per heavy atom. The predicted octanol–water partition coefficient (Wildman–Crippen LogP) is 23.7. The second-order valence-electron chi connectivity index (χ2n) is 26.5. The Kier molecular flexibility index (Phi) is 35.0. The number of ketones is 1. The zero-order chi connectivity index (χ0) is 70.7. The van der Waals surface area contributed by atoms with Gasteiger partial charge in [0.05, 0.1) is 43.7 Å². The summed E-state index contributed by atoms with van der Waals surface area (Å²) in [6.07, 6.45) is 41.5. The Balaban J connectivity index is 0.000000175. The third-order valence-electron chi connectivity index (χ3n) is 18.8. The number of pyridine rings is 6. The first-order chi connectivity index (χ1) is 49.1. The van der Waals surface area contributed by atoms with Crippen LogP contribution in [-0.2, 0) is 0 Å². The largest absolute Gasteiger partial charge is 0.455 e. The fourth-order valence-electron chi connectivity index (χ4n) is 13.3. The van der Waals surface area contributed by atoms with Crippen LogP contribution in [0.2, 0.25) is 26.4 Å². The summed E-state index contributed by atoms with van der Waals surface area (Å²) in [5, 5.41) is 28.2. The molecule has 3 N–H and O–H groups in total. The number of anilines is 2. The van der Waals surface area contributed by atoms with Gasteiger partial charge in [-0.25, -0.2) is 4.98 Å². The topological polar surface area (TPSA) is 184 Å². The van der Waals surface area contributed by atoms with E-state index in [9.17, 15) is 14.9 Å². The highest BCUT2D eigenvalue weighted by molar-refractivity contribution is 6.64. The summed E-state index contributed by atoms with van der Waals surface area (Å²) in [4.78, 5) is 48.5. The molecule has 0 fully saturated rings. The Morgan fingerprint density at radius 2 is 0.861 bits per heavy atom. The zero-order valence-corrected chi connectivity index (χ0v) is 63.8. The number of non-ortho nitro benzene ring substituents is 1. The van der Waals surface area contributed by atoms with Gasteiger partial charge in [-0.2, -0.15) is 0 Å². The van der Waals surface area contributed by atoms with Gasteiger partial charge in [-0.15, -0.1) is 0 Å². The van der Waals surface area contributed by atoms with Crippen LogP contribution < -0.4 is 9.20 Å². The normalized spacial score (nSPS) is 13.1. The second-order valence-corrected chi connectivity index (χ2v) is 33.0. The third-order valence-corrected chi connectivity index (χ3v) is 26.1. The number of nitro benzene ring substituents is 1. The molecule has 101 heavy (non-hydrogen) atoms. The molecule has 13 rings (SSSR count). The summed E-state index contributed by atoms with van der Waals surface area (Å²) < 4.78 is 2.91. The van der Waals surface area contributed by atoms with Gasteiger partial charge in [-0.05, 0) is 66.8 Å². The average Bonchev–Trinajstić information content (AvgIpc) is 0.772. The van der Waals surface area contributed by atoms with Crippen LogP contribution >= 0.6 is 0 Å². The first-order valence-corrected chi connectivity index (χ1v) is 42.3. The number of carbonyl (C=O) groups is 1. The number of nitrogens with zero attached hydrogens (tertiary/aromatic N) is 8. The Hall–Kier alpha value is -8.27. The van der Waals surface area contributed by atoms with Gasteiger partial charge in [0.2, 0.25) is 0 Å². The van der Waals surface area contributed by atoms with Gasteiger partial charge in [0.1, 0.15) is 5.69 Å². The van der Waals surface area contributed by atoms with E-state index in [1.807, 2.05) is 67.8 Å². The third kappa shape index (κ3) is 23.6. The van der Waals surface area contributed by atoms with E-state index in [0.717, 1.165) is 55.5 Å². The van der Waals surface area contributed by atoms with Crippen molar-refractivity contribution >= 4 is 129 Å². The van der Waals surface area contributed by atoms with Crippen molar-refractivity contribution in [3.05, 3.63) is 222 Å². The van der Waals surface area contributed by atoms with Crippen LogP contribution in [0.25, 0.3) is 77.6 Å². The maximum atomic E-state index is 11.9. The molecule has 15 heteroatoms. The zero-order valence-electron chi connectivity index (χ0n) is 61.5. The molecule has 0 amide bonds. The number of aromatic nitrogens is 6. The molecule has 0 spiro atoms. The summed E-state index contributed by atoms with van der Waals surface area (Å²) in [5.74, 6) is 0.0948. The lowest BCUT2D eigenvalue weighted by Crippen LogP contribution is -2.47. The Bertz CT molecular complexity index is 4280. The van der Waals surface area contributed by atoms with E-state index in [4.69, 9.17) is 4.98 Å². The molecule has 2 unspecified atom stereocenters. The van der Waals surface area contributed by atoms with Crippen LogP contribution in [0.1, 0.15) is 193 Å². The van der Waals surface area contributed by atoms with Crippen molar-refractivity contribution in [3.8, 4) is 0 Å². The number of nitro groups is 1. The Labute approximate surface area is 610 Å². The van der Waals surface area contributed by atoms with Gasteiger partial charge >= 0.3 is 14.4 Å². The lowest BCUT2D eigenvalue weighted by molar-refractivity contribution is -0.384. The van der Waals surface area contributed by atoms with Crippen molar-refractivity contribution in [3.63, 3.8) is 0 Å². The lowest BCUT2D eigenvalue weighted by atomic mass is 9.99. The molecular weight excluding hydrogens is 1280 g/mol. The number of hydrogen-bond donors (Lipinski definition) is 1. The molecular formula is C86H109Al2N9O4. The number of Topliss-reactive ketones (excluding diaryl/α,β-unsaturated/α-hetero) is 1. The molecule has 2 aliphatic rings. The molecule has 0 saturated carbocycles. The summed E-state index contributed by atoms with van der Waals surface area (Å²) in [6, 6.07) is 50.0. The SMILES string of the molecule is CCCC(=O)c1ccc2ccc3cccnc3c2n1.CCCCC1C=Cc2ccc3cccnc3c2N1.CCCCC1C=Cc2ccc3cccnc3c2[N]1[Al]([CH2]CCC)[CH2]CCC.CCC[CH2][Al]([CH2]CCC)[CH2]CCC.O.O=[N+]([O-])c1ccccc1.c1cnc2c(c1)ccc1cccnc12. The van der Waals surface area contributed by atoms with Crippen molar-refractivity contribution in [1.82, 2.24) is 29.9 Å². The van der Waals surface area contributed by atoms with Crippen molar-refractivity contribution in [2.24, 2.45) is 0 Å². The standard InChI is InChI=1S/C16H14N2O.C16H18N2.C16H17N2.C12H8N2.C6H5NO2.5C4H9.2Al.H2O/c1-2-4-14(19)13-9-8-12-7-6-11-5-3-10-17-15(11)16(12)18-13;2*1-2-3-6-14-10-9-13-8-7-12-5-4-11-17-15(12)16(13)18-14;1-3-9-5-6-10-4-2-8-14-12(10)11(9)13-7-1;8-7(9)6-4-2-1-3-5-6;5*1-3-4-2;;;/h3,5-10H,2,4H2,1H3;4-5,7-11,14,18H,2-3,6H2,1H3;4-5,7-11,14H,2-3,6H2,1H3;1-8H;1-5H;5*1,3-4H2,2H3;;;1H2/q;;-1;;;;;;;;;+1;. The highest BCUT2D eigenvalue weighted by atomic mass is 27.2. The quantitative estimate of drug-likeness (QED) is 0.0179. The first-order valence-electron chi connectivity index (χ1n) is 37.7. The van der Waals surface area contributed by atoms with Crippen molar-refractivity contribution in [2.75, 3.05) is 9.20 Å². The van der Waals surface area contributed by atoms with Crippen LogP contribution in [0.15, 0.2) is 195 Å². The number of nitrogens with one attached hydrogen (secondary N) is 1. The molecule has 528 valence electrons. The van der Waals surface area contributed by atoms with E-state index in [2.05, 4.69) is 174 Å². The fraction of sp³-hybridized carbons (Fsp3) is 0.384. The molecule has 0 bridgehead atoms. The molecule has 2 aliphatic heterocycles. The van der Waals surface area contributed by atoms with E-state index in [1.165, 1.54) is 164 Å². The summed E-state index contributed by atoms with van der Waals surface area (Å²) >= 11 is -1.34. The van der Waals surface area contributed by atoms with Gasteiger partial charge in [0.15, 0.2) is 5.78 Å². The molecule has 5 aromatic carbocycles. The maximum Gasteiger partial charge on any atom is 0.414 e. The molecule has 0 radical (unpaired) electrons. The molecule has 0 aliphatic carbocycles. The van der Waals surface area contributed by atoms with Gasteiger partial charge in [-0.3, -0.25) is 39.8 Å². The van der Waals surface area contributed by atoms with Crippen LogP contribution in [-0.4, -0.2) is 86.7 Å². The number of fused-ring (bicyclic) bond motifs is 12. The summed E-state index contributed by atoms with van der Waals surface area (Å²) in [7, 11) is 0. The monoisotopic (exact) mass is 1390 g/mol. The number of carbonyl (C=O) groups excluding carboxylic acids is 1. The lowest BCUT2D eigenvalue weighted by Gasteiger charge is -2.41. The van der Waals surface area contributed by atoms with E-state index in [0.29, 0.717) is 24.2 Å². The van der Waals surface area contributed by atoms with E-state index in [-0.39, 0.29) is 31.1 Å². The number of rotatable bonds is 26. The minimum absolute atomic E-state index is 0. The van der Waals surface area contributed by atoms with E-state index in [1.54, 1.807) is 58.7 Å². The summed E-state index contributed by atoms with van der Waals surface area (Å²) in [5.41, 5.74) is 11.8. The highest BCUT2D eigenvalue weighted by Crippen LogP contribution is 2.39. The van der Waals surface area contributed by atoms with Crippen molar-refractivity contribution in [2.45, 2.75) is 209 Å². The van der Waals surface area contributed by atoms with Gasteiger partial charge in [0, 0.05) is 99.6 Å². The minimum Gasteiger partial charge on any atom is -0.455 e. The predicted molar refractivity (Wildman–Crippen MR) is 434 cm³/mol. The number of hydrogen-bond acceptors (Lipinski definition) is 11.